The molecule has 0 saturated carbocycles. The Morgan fingerprint density at radius 2 is 2.13 bits per heavy atom. The molecule has 1 fully saturated rings. The molecular weight excluding hydrogens is 200 g/mol. The van der Waals surface area contributed by atoms with Gasteiger partial charge in [0.15, 0.2) is 5.78 Å². The standard InChI is InChI=1S/C10H16O5/c1-7(11)5-13-6-10-9(3-4-14-10)15-8(2)12/h9-10H,3-6H2,1-2H3/t9-,10+/m0/s1. The largest absolute Gasteiger partial charge is 0.460 e. The van der Waals surface area contributed by atoms with Gasteiger partial charge >= 0.3 is 5.97 Å². The molecule has 2 atom stereocenters. The van der Waals surface area contributed by atoms with Crippen molar-refractivity contribution >= 4 is 11.8 Å². The van der Waals surface area contributed by atoms with E-state index in [4.69, 9.17) is 14.2 Å². The van der Waals surface area contributed by atoms with E-state index in [1.165, 1.54) is 13.8 Å². The van der Waals surface area contributed by atoms with Crippen LogP contribution in [0.5, 0.6) is 0 Å². The minimum Gasteiger partial charge on any atom is -0.460 e. The molecule has 15 heavy (non-hydrogen) atoms. The number of rotatable bonds is 5. The molecule has 1 heterocycles. The summed E-state index contributed by atoms with van der Waals surface area (Å²) in [5.41, 5.74) is 0. The lowest BCUT2D eigenvalue weighted by atomic mass is 10.2. The van der Waals surface area contributed by atoms with Crippen molar-refractivity contribution in [2.24, 2.45) is 0 Å². The highest BCUT2D eigenvalue weighted by Gasteiger charge is 2.30. The average Bonchev–Trinajstić information content (AvgIpc) is 2.51. The summed E-state index contributed by atoms with van der Waals surface area (Å²) in [7, 11) is 0. The number of Topliss-reactive ketones (excluding diaryl/α,β-unsaturated/α-hetero) is 1. The summed E-state index contributed by atoms with van der Waals surface area (Å²) >= 11 is 0. The zero-order chi connectivity index (χ0) is 11.3. The molecule has 0 bridgehead atoms. The fraction of sp³-hybridized carbons (Fsp3) is 0.800. The molecule has 1 saturated heterocycles. The van der Waals surface area contributed by atoms with Crippen LogP contribution in [0.1, 0.15) is 20.3 Å². The maximum Gasteiger partial charge on any atom is 0.302 e. The third kappa shape index (κ3) is 4.40. The zero-order valence-corrected chi connectivity index (χ0v) is 9.02. The monoisotopic (exact) mass is 216 g/mol. The van der Waals surface area contributed by atoms with E-state index in [1.54, 1.807) is 0 Å². The first kappa shape index (κ1) is 12.1. The van der Waals surface area contributed by atoms with Crippen molar-refractivity contribution < 1.29 is 23.8 Å². The summed E-state index contributed by atoms with van der Waals surface area (Å²) in [5.74, 6) is -0.348. The summed E-state index contributed by atoms with van der Waals surface area (Å²) in [4.78, 5) is 21.4. The van der Waals surface area contributed by atoms with Crippen LogP contribution in [0.4, 0.5) is 0 Å². The van der Waals surface area contributed by atoms with Crippen LogP contribution >= 0.6 is 0 Å². The van der Waals surface area contributed by atoms with Crippen LogP contribution in [0, 0.1) is 0 Å². The van der Waals surface area contributed by atoms with E-state index >= 15 is 0 Å². The smallest absolute Gasteiger partial charge is 0.302 e. The minimum absolute atomic E-state index is 0.0305. The van der Waals surface area contributed by atoms with Crippen LogP contribution in [0.2, 0.25) is 0 Å². The van der Waals surface area contributed by atoms with Crippen molar-refractivity contribution in [3.05, 3.63) is 0 Å². The Balaban J connectivity index is 2.26. The maximum atomic E-state index is 10.8. The van der Waals surface area contributed by atoms with Gasteiger partial charge in [-0.3, -0.25) is 9.59 Å². The van der Waals surface area contributed by atoms with E-state index in [2.05, 4.69) is 0 Å². The SMILES string of the molecule is CC(=O)COC[C@H]1OCC[C@@H]1OC(C)=O. The highest BCUT2D eigenvalue weighted by Crippen LogP contribution is 2.17. The summed E-state index contributed by atoms with van der Waals surface area (Å²) < 4.78 is 15.5. The van der Waals surface area contributed by atoms with E-state index in [0.717, 1.165) is 0 Å². The van der Waals surface area contributed by atoms with Crippen LogP contribution < -0.4 is 0 Å². The van der Waals surface area contributed by atoms with Crippen molar-refractivity contribution in [3.8, 4) is 0 Å². The Hall–Kier alpha value is -0.940. The Labute approximate surface area is 88.7 Å². The highest BCUT2D eigenvalue weighted by molar-refractivity contribution is 5.76. The average molecular weight is 216 g/mol. The van der Waals surface area contributed by atoms with Crippen molar-refractivity contribution in [2.75, 3.05) is 19.8 Å². The van der Waals surface area contributed by atoms with Gasteiger partial charge in [-0.15, -0.1) is 0 Å². The van der Waals surface area contributed by atoms with Gasteiger partial charge in [0, 0.05) is 13.3 Å². The molecule has 0 aromatic carbocycles. The Kier molecular flexibility index (Phi) is 4.71. The van der Waals surface area contributed by atoms with Crippen molar-refractivity contribution in [2.45, 2.75) is 32.5 Å². The third-order valence-electron chi connectivity index (χ3n) is 2.05. The molecule has 0 unspecified atom stereocenters. The molecule has 0 aromatic rings. The molecule has 0 radical (unpaired) electrons. The second kappa shape index (κ2) is 5.82. The van der Waals surface area contributed by atoms with Gasteiger partial charge < -0.3 is 14.2 Å². The lowest BCUT2D eigenvalue weighted by Crippen LogP contribution is -2.31. The minimum atomic E-state index is -0.318. The fourth-order valence-electron chi connectivity index (χ4n) is 1.45. The second-order valence-corrected chi connectivity index (χ2v) is 3.56. The van der Waals surface area contributed by atoms with Crippen LogP contribution in [0.25, 0.3) is 0 Å². The van der Waals surface area contributed by atoms with E-state index in [1.807, 2.05) is 0 Å². The predicted octanol–water partition coefficient (Wildman–Crippen LogP) is 0.313. The Bertz CT molecular complexity index is 238. The first-order chi connectivity index (χ1) is 7.09. The molecule has 0 amide bonds. The zero-order valence-electron chi connectivity index (χ0n) is 9.02. The summed E-state index contributed by atoms with van der Waals surface area (Å²) in [6, 6.07) is 0. The normalized spacial score (nSPS) is 25.2. The van der Waals surface area contributed by atoms with Gasteiger partial charge in [0.2, 0.25) is 0 Å². The molecule has 0 aromatic heterocycles. The number of esters is 1. The second-order valence-electron chi connectivity index (χ2n) is 3.56. The molecule has 0 aliphatic carbocycles. The van der Waals surface area contributed by atoms with Crippen LogP contribution in [-0.2, 0) is 23.8 Å². The molecule has 1 rings (SSSR count). The first-order valence-corrected chi connectivity index (χ1v) is 4.95. The van der Waals surface area contributed by atoms with Gasteiger partial charge in [-0.05, 0) is 6.92 Å². The summed E-state index contributed by atoms with van der Waals surface area (Å²) in [6.07, 6.45) is 0.205. The van der Waals surface area contributed by atoms with Gasteiger partial charge in [-0.2, -0.15) is 0 Å². The van der Waals surface area contributed by atoms with Crippen molar-refractivity contribution in [1.82, 2.24) is 0 Å². The number of hydrogen-bond acceptors (Lipinski definition) is 5. The van der Waals surface area contributed by atoms with Gasteiger partial charge in [0.25, 0.3) is 0 Å². The fourth-order valence-corrected chi connectivity index (χ4v) is 1.45. The van der Waals surface area contributed by atoms with Crippen LogP contribution in [-0.4, -0.2) is 43.8 Å². The Morgan fingerprint density at radius 1 is 1.40 bits per heavy atom. The first-order valence-electron chi connectivity index (χ1n) is 4.95. The lowest BCUT2D eigenvalue weighted by Gasteiger charge is -2.17. The van der Waals surface area contributed by atoms with E-state index in [9.17, 15) is 9.59 Å². The highest BCUT2D eigenvalue weighted by atomic mass is 16.6. The summed E-state index contributed by atoms with van der Waals surface area (Å²) in [6.45, 7) is 3.75. The van der Waals surface area contributed by atoms with E-state index < -0.39 is 0 Å². The predicted molar refractivity (Wildman–Crippen MR) is 51.4 cm³/mol. The molecule has 5 heteroatoms. The number of hydrogen-bond donors (Lipinski definition) is 0. The number of carbonyl (C=O) groups excluding carboxylic acids is 2. The van der Waals surface area contributed by atoms with Gasteiger partial charge in [0.05, 0.1) is 13.2 Å². The molecule has 1 aliphatic heterocycles. The van der Waals surface area contributed by atoms with Gasteiger partial charge in [-0.25, -0.2) is 0 Å². The van der Waals surface area contributed by atoms with Gasteiger partial charge in [0.1, 0.15) is 18.8 Å². The van der Waals surface area contributed by atoms with E-state index in [0.29, 0.717) is 13.0 Å². The number of ether oxygens (including phenoxy) is 3. The number of ketones is 1. The molecule has 1 aliphatic rings. The topological polar surface area (TPSA) is 61.8 Å². The molecule has 5 nitrogen and oxygen atoms in total. The third-order valence-corrected chi connectivity index (χ3v) is 2.05. The molecule has 0 N–H and O–H groups in total. The van der Waals surface area contributed by atoms with Crippen molar-refractivity contribution in [1.29, 1.82) is 0 Å². The molecular formula is C10H16O5. The summed E-state index contributed by atoms with van der Waals surface area (Å²) in [5, 5.41) is 0. The maximum absolute atomic E-state index is 10.8. The van der Waals surface area contributed by atoms with E-state index in [-0.39, 0.29) is 37.2 Å². The number of carbonyl (C=O) groups is 2. The van der Waals surface area contributed by atoms with Crippen LogP contribution in [0.15, 0.2) is 0 Å². The van der Waals surface area contributed by atoms with Crippen molar-refractivity contribution in [3.63, 3.8) is 0 Å². The quantitative estimate of drug-likeness (QED) is 0.619. The van der Waals surface area contributed by atoms with Crippen LogP contribution in [0.3, 0.4) is 0 Å². The Morgan fingerprint density at radius 3 is 2.73 bits per heavy atom. The molecule has 86 valence electrons. The van der Waals surface area contributed by atoms with Gasteiger partial charge in [-0.1, -0.05) is 0 Å². The lowest BCUT2D eigenvalue weighted by molar-refractivity contribution is -0.151. The molecule has 0 spiro atoms.